The SMILES string of the molecule is O=C(O)Cc1ccc(Nc2nc(O)c(Cc3cc4ccccc4cc3OCc3ccccc3)s2)cc1F. The molecule has 186 valence electrons. The van der Waals surface area contributed by atoms with E-state index in [2.05, 4.69) is 16.4 Å². The van der Waals surface area contributed by atoms with Crippen molar-refractivity contribution >= 4 is 38.9 Å². The number of aromatic hydroxyl groups is 1. The summed E-state index contributed by atoms with van der Waals surface area (Å²) in [6.45, 7) is 0.414. The molecule has 4 aromatic carbocycles. The van der Waals surface area contributed by atoms with Crippen LogP contribution in [-0.4, -0.2) is 21.2 Å². The average Bonchev–Trinajstić information content (AvgIpc) is 3.23. The number of fused-ring (bicyclic) bond motifs is 1. The fourth-order valence-electron chi connectivity index (χ4n) is 4.01. The number of thiazole rings is 1. The van der Waals surface area contributed by atoms with Gasteiger partial charge in [0.05, 0.1) is 11.3 Å². The molecular weight excluding hydrogens is 491 g/mol. The molecule has 0 aliphatic carbocycles. The first-order valence-corrected chi connectivity index (χ1v) is 12.4. The van der Waals surface area contributed by atoms with Crippen LogP contribution in [-0.2, 0) is 24.2 Å². The number of benzene rings is 4. The summed E-state index contributed by atoms with van der Waals surface area (Å²) in [5.74, 6) is -1.11. The molecule has 5 rings (SSSR count). The van der Waals surface area contributed by atoms with Gasteiger partial charge in [0.2, 0.25) is 5.88 Å². The standard InChI is InChI=1S/C29H23FN2O4S/c30-24-16-23(11-10-21(24)15-27(33)34)31-29-32-28(35)26(37-29)14-22-12-19-8-4-5-9-20(19)13-25(22)36-17-18-6-2-1-3-7-18/h1-13,16,35H,14-15,17H2,(H,31,32)(H,33,34). The fourth-order valence-corrected chi connectivity index (χ4v) is 4.91. The number of rotatable bonds is 9. The van der Waals surface area contributed by atoms with Crippen LogP contribution < -0.4 is 10.1 Å². The van der Waals surface area contributed by atoms with Crippen LogP contribution >= 0.6 is 11.3 Å². The van der Waals surface area contributed by atoms with Crippen LogP contribution in [0.5, 0.6) is 11.6 Å². The summed E-state index contributed by atoms with van der Waals surface area (Å²) in [6, 6.07) is 26.2. The molecule has 8 heteroatoms. The Kier molecular flexibility index (Phi) is 7.00. The van der Waals surface area contributed by atoms with Crippen LogP contribution in [0.15, 0.2) is 84.9 Å². The van der Waals surface area contributed by atoms with Crippen molar-refractivity contribution < 1.29 is 24.1 Å². The smallest absolute Gasteiger partial charge is 0.307 e. The molecule has 0 radical (unpaired) electrons. The number of carbonyl (C=O) groups is 1. The van der Waals surface area contributed by atoms with E-state index in [0.717, 1.165) is 27.6 Å². The molecule has 3 N–H and O–H groups in total. The summed E-state index contributed by atoms with van der Waals surface area (Å²) in [5.41, 5.74) is 2.46. The Hall–Kier alpha value is -4.43. The molecular formula is C29H23FN2O4S. The number of nitrogens with one attached hydrogen (secondary N) is 1. The molecule has 1 aromatic heterocycles. The van der Waals surface area contributed by atoms with Crippen molar-refractivity contribution in [3.63, 3.8) is 0 Å². The number of aromatic nitrogens is 1. The second-order valence-corrected chi connectivity index (χ2v) is 9.61. The van der Waals surface area contributed by atoms with Crippen molar-refractivity contribution in [3.05, 3.63) is 112 Å². The Bertz CT molecular complexity index is 1570. The minimum Gasteiger partial charge on any atom is -0.492 e. The lowest BCUT2D eigenvalue weighted by Gasteiger charge is -2.13. The zero-order chi connectivity index (χ0) is 25.8. The van der Waals surface area contributed by atoms with Crippen LogP contribution in [0.3, 0.4) is 0 Å². The van der Waals surface area contributed by atoms with Crippen molar-refractivity contribution in [2.24, 2.45) is 0 Å². The maximum absolute atomic E-state index is 14.3. The number of carboxylic acids is 1. The number of anilines is 2. The Morgan fingerprint density at radius 2 is 1.68 bits per heavy atom. The van der Waals surface area contributed by atoms with Crippen molar-refractivity contribution in [1.82, 2.24) is 4.98 Å². The van der Waals surface area contributed by atoms with E-state index in [4.69, 9.17) is 9.84 Å². The van der Waals surface area contributed by atoms with Gasteiger partial charge in [-0.1, -0.05) is 72.0 Å². The molecule has 0 saturated heterocycles. The largest absolute Gasteiger partial charge is 0.492 e. The summed E-state index contributed by atoms with van der Waals surface area (Å²) < 4.78 is 20.5. The number of hydrogen-bond acceptors (Lipinski definition) is 6. The third-order valence-corrected chi connectivity index (χ3v) is 6.80. The molecule has 1 heterocycles. The van der Waals surface area contributed by atoms with Crippen LogP contribution in [0.2, 0.25) is 0 Å². The van der Waals surface area contributed by atoms with Crippen LogP contribution in [0.1, 0.15) is 21.6 Å². The molecule has 0 spiro atoms. The first-order chi connectivity index (χ1) is 17.9. The molecule has 0 fully saturated rings. The minimum absolute atomic E-state index is 0.0973. The predicted octanol–water partition coefficient (Wildman–Crippen LogP) is 6.68. The lowest BCUT2D eigenvalue weighted by Crippen LogP contribution is -2.03. The zero-order valence-electron chi connectivity index (χ0n) is 19.6. The van der Waals surface area contributed by atoms with Crippen molar-refractivity contribution in [2.75, 3.05) is 5.32 Å². The maximum atomic E-state index is 14.3. The fraction of sp³-hybridized carbons (Fsp3) is 0.103. The summed E-state index contributed by atoms with van der Waals surface area (Å²) in [6.07, 6.45) is 0.000778. The summed E-state index contributed by atoms with van der Waals surface area (Å²) in [5, 5.41) is 25.0. The maximum Gasteiger partial charge on any atom is 0.307 e. The molecule has 6 nitrogen and oxygen atoms in total. The Labute approximate surface area is 216 Å². The van der Waals surface area contributed by atoms with E-state index < -0.39 is 18.2 Å². The second kappa shape index (κ2) is 10.7. The molecule has 0 bridgehead atoms. The number of carboxylic acid groups (broad SMARTS) is 1. The normalized spacial score (nSPS) is 10.9. The lowest BCUT2D eigenvalue weighted by atomic mass is 10.0. The lowest BCUT2D eigenvalue weighted by molar-refractivity contribution is -0.136. The summed E-state index contributed by atoms with van der Waals surface area (Å²) >= 11 is 1.25. The van der Waals surface area contributed by atoms with Crippen molar-refractivity contribution in [3.8, 4) is 11.6 Å². The molecule has 0 amide bonds. The van der Waals surface area contributed by atoms with Gasteiger partial charge in [-0.2, -0.15) is 4.98 Å². The van der Waals surface area contributed by atoms with Gasteiger partial charge in [0.1, 0.15) is 18.2 Å². The molecule has 0 unspecified atom stereocenters. The van der Waals surface area contributed by atoms with Crippen LogP contribution in [0.4, 0.5) is 15.2 Å². The van der Waals surface area contributed by atoms with Crippen LogP contribution in [0.25, 0.3) is 10.8 Å². The van der Waals surface area contributed by atoms with Gasteiger partial charge in [-0.25, -0.2) is 4.39 Å². The summed E-state index contributed by atoms with van der Waals surface area (Å²) in [7, 11) is 0. The zero-order valence-corrected chi connectivity index (χ0v) is 20.5. The first-order valence-electron chi connectivity index (χ1n) is 11.6. The average molecular weight is 515 g/mol. The van der Waals surface area contributed by atoms with E-state index in [9.17, 15) is 14.3 Å². The Morgan fingerprint density at radius 3 is 2.41 bits per heavy atom. The number of nitrogens with zero attached hydrogens (tertiary/aromatic N) is 1. The van der Waals surface area contributed by atoms with Gasteiger partial charge in [0, 0.05) is 17.7 Å². The van der Waals surface area contributed by atoms with Gasteiger partial charge in [-0.05, 0) is 46.2 Å². The highest BCUT2D eigenvalue weighted by molar-refractivity contribution is 7.16. The van der Waals surface area contributed by atoms with Crippen molar-refractivity contribution in [2.45, 2.75) is 19.4 Å². The molecule has 37 heavy (non-hydrogen) atoms. The Morgan fingerprint density at radius 1 is 0.946 bits per heavy atom. The van der Waals surface area contributed by atoms with E-state index in [-0.39, 0.29) is 11.4 Å². The monoisotopic (exact) mass is 514 g/mol. The van der Waals surface area contributed by atoms with Gasteiger partial charge in [0.25, 0.3) is 0 Å². The van der Waals surface area contributed by atoms with E-state index in [1.54, 1.807) is 6.07 Å². The third-order valence-electron chi connectivity index (χ3n) is 5.84. The molecule has 0 aliphatic heterocycles. The topological polar surface area (TPSA) is 91.7 Å². The van der Waals surface area contributed by atoms with E-state index in [1.165, 1.54) is 23.5 Å². The molecule has 5 aromatic rings. The van der Waals surface area contributed by atoms with Gasteiger partial charge in [0.15, 0.2) is 5.13 Å². The highest BCUT2D eigenvalue weighted by Crippen LogP contribution is 2.36. The first kappa shape index (κ1) is 24.3. The van der Waals surface area contributed by atoms with Crippen LogP contribution in [0, 0.1) is 5.82 Å². The number of hydrogen-bond donors (Lipinski definition) is 3. The van der Waals surface area contributed by atoms with E-state index in [1.807, 2.05) is 60.7 Å². The second-order valence-electron chi connectivity index (χ2n) is 8.53. The quantitative estimate of drug-likeness (QED) is 0.203. The van der Waals surface area contributed by atoms with Gasteiger partial charge in [-0.15, -0.1) is 0 Å². The van der Waals surface area contributed by atoms with Crippen molar-refractivity contribution in [1.29, 1.82) is 0 Å². The number of halogens is 1. The number of aliphatic carboxylic acids is 1. The molecule has 0 atom stereocenters. The third kappa shape index (κ3) is 5.87. The highest BCUT2D eigenvalue weighted by atomic mass is 32.1. The molecule has 0 aliphatic rings. The predicted molar refractivity (Wildman–Crippen MR) is 142 cm³/mol. The van der Waals surface area contributed by atoms with Gasteiger partial charge in [-0.3, -0.25) is 4.79 Å². The highest BCUT2D eigenvalue weighted by Gasteiger charge is 2.16. The van der Waals surface area contributed by atoms with Gasteiger partial charge >= 0.3 is 5.97 Å². The Balaban J connectivity index is 1.38. The summed E-state index contributed by atoms with van der Waals surface area (Å²) in [4.78, 5) is 15.7. The molecule has 0 saturated carbocycles. The van der Waals surface area contributed by atoms with E-state index >= 15 is 0 Å². The number of ether oxygens (including phenoxy) is 1. The van der Waals surface area contributed by atoms with Gasteiger partial charge < -0.3 is 20.3 Å². The minimum atomic E-state index is -1.10. The van der Waals surface area contributed by atoms with E-state index in [0.29, 0.717) is 28.7 Å².